The van der Waals surface area contributed by atoms with Crippen LogP contribution in [0.1, 0.15) is 29.0 Å². The van der Waals surface area contributed by atoms with Gasteiger partial charge in [0.1, 0.15) is 0 Å². The van der Waals surface area contributed by atoms with Gasteiger partial charge in [0.05, 0.1) is 23.3 Å². The van der Waals surface area contributed by atoms with Crippen molar-refractivity contribution in [3.8, 4) is 0 Å². The van der Waals surface area contributed by atoms with Gasteiger partial charge in [0, 0.05) is 26.8 Å². The number of hydrogen-bond donors (Lipinski definition) is 1. The number of hydrogen-bond acceptors (Lipinski definition) is 4. The summed E-state index contributed by atoms with van der Waals surface area (Å²) in [5.74, 6) is -0.194. The molecule has 0 fully saturated rings. The van der Waals surface area contributed by atoms with E-state index in [0.29, 0.717) is 5.69 Å². The highest BCUT2D eigenvalue weighted by Crippen LogP contribution is 2.23. The Morgan fingerprint density at radius 3 is 3.05 bits per heavy atom. The van der Waals surface area contributed by atoms with Crippen LogP contribution >= 0.6 is 0 Å². The predicted molar refractivity (Wildman–Crippen MR) is 81.7 cm³/mol. The van der Waals surface area contributed by atoms with Crippen LogP contribution in [0, 0.1) is 0 Å². The minimum absolute atomic E-state index is 0.194. The van der Waals surface area contributed by atoms with Crippen molar-refractivity contribution in [2.24, 2.45) is 0 Å². The zero-order valence-corrected chi connectivity index (χ0v) is 12.3. The van der Waals surface area contributed by atoms with Crippen molar-refractivity contribution in [2.45, 2.75) is 25.8 Å². The van der Waals surface area contributed by atoms with E-state index in [1.165, 1.54) is 0 Å². The summed E-state index contributed by atoms with van der Waals surface area (Å²) >= 11 is 0. The third-order valence-corrected chi connectivity index (χ3v) is 3.71. The fourth-order valence-corrected chi connectivity index (χ4v) is 2.64. The Hall–Kier alpha value is -2.37. The Kier molecular flexibility index (Phi) is 3.60. The first kappa shape index (κ1) is 13.6. The van der Waals surface area contributed by atoms with Gasteiger partial charge >= 0.3 is 0 Å². The molecule has 0 saturated heterocycles. The van der Waals surface area contributed by atoms with E-state index in [1.54, 1.807) is 12.4 Å². The fourth-order valence-electron chi connectivity index (χ4n) is 2.64. The van der Waals surface area contributed by atoms with Crippen molar-refractivity contribution < 1.29 is 4.79 Å². The number of pyridine rings is 1. The lowest BCUT2D eigenvalue weighted by atomic mass is 10.1. The lowest BCUT2D eigenvalue weighted by molar-refractivity contribution is 0.102. The Morgan fingerprint density at radius 1 is 1.38 bits per heavy atom. The number of rotatable bonds is 3. The molecular weight excluding hydrogens is 266 g/mol. The van der Waals surface area contributed by atoms with Gasteiger partial charge in [-0.05, 0) is 31.4 Å². The lowest BCUT2D eigenvalue weighted by Crippen LogP contribution is -2.21. The van der Waals surface area contributed by atoms with E-state index in [2.05, 4.69) is 15.4 Å². The summed E-state index contributed by atoms with van der Waals surface area (Å²) in [5, 5.41) is 7.28. The summed E-state index contributed by atoms with van der Waals surface area (Å²) in [6.07, 6.45) is 6.61. The summed E-state index contributed by atoms with van der Waals surface area (Å²) in [6.45, 7) is 0.928. The van der Waals surface area contributed by atoms with E-state index in [1.807, 2.05) is 35.8 Å². The number of amides is 1. The average Bonchev–Trinajstić information content (AvgIpc) is 2.90. The van der Waals surface area contributed by atoms with Crippen molar-refractivity contribution in [1.29, 1.82) is 0 Å². The maximum atomic E-state index is 12.5. The summed E-state index contributed by atoms with van der Waals surface area (Å²) < 4.78 is 1.98. The van der Waals surface area contributed by atoms with Crippen LogP contribution in [0.3, 0.4) is 0 Å². The van der Waals surface area contributed by atoms with Crippen LogP contribution in [0.15, 0.2) is 24.5 Å². The SMILES string of the molecule is CN(C)c1cccnc1C(=O)Nc1cnn2c1CCCC2. The minimum atomic E-state index is -0.194. The van der Waals surface area contributed by atoms with E-state index >= 15 is 0 Å². The molecule has 6 nitrogen and oxygen atoms in total. The zero-order valence-electron chi connectivity index (χ0n) is 12.3. The Morgan fingerprint density at radius 2 is 2.24 bits per heavy atom. The first-order chi connectivity index (χ1) is 10.2. The van der Waals surface area contributed by atoms with Gasteiger partial charge < -0.3 is 10.2 Å². The molecule has 1 aliphatic heterocycles. The van der Waals surface area contributed by atoms with E-state index < -0.39 is 0 Å². The highest BCUT2D eigenvalue weighted by Gasteiger charge is 2.19. The van der Waals surface area contributed by atoms with E-state index in [0.717, 1.165) is 42.9 Å². The van der Waals surface area contributed by atoms with E-state index in [9.17, 15) is 4.79 Å². The maximum absolute atomic E-state index is 12.5. The normalized spacial score (nSPS) is 13.6. The molecule has 21 heavy (non-hydrogen) atoms. The van der Waals surface area contributed by atoms with Crippen LogP contribution in [0.4, 0.5) is 11.4 Å². The van der Waals surface area contributed by atoms with Gasteiger partial charge in [-0.2, -0.15) is 5.10 Å². The lowest BCUT2D eigenvalue weighted by Gasteiger charge is -2.17. The molecule has 0 radical (unpaired) electrons. The molecule has 1 N–H and O–H groups in total. The molecule has 0 aromatic carbocycles. The van der Waals surface area contributed by atoms with Crippen LogP contribution < -0.4 is 10.2 Å². The molecule has 0 saturated carbocycles. The number of carbonyl (C=O) groups excluding carboxylic acids is 1. The Labute approximate surface area is 123 Å². The molecule has 0 atom stereocenters. The molecule has 3 heterocycles. The molecule has 110 valence electrons. The largest absolute Gasteiger partial charge is 0.376 e. The second-order valence-electron chi connectivity index (χ2n) is 5.40. The molecule has 0 aliphatic carbocycles. The van der Waals surface area contributed by atoms with Gasteiger partial charge in [0.15, 0.2) is 5.69 Å². The molecular formula is C15H19N5O. The maximum Gasteiger partial charge on any atom is 0.276 e. The first-order valence-corrected chi connectivity index (χ1v) is 7.15. The third kappa shape index (κ3) is 2.61. The second kappa shape index (κ2) is 5.55. The van der Waals surface area contributed by atoms with Crippen LogP contribution in [-0.2, 0) is 13.0 Å². The summed E-state index contributed by atoms with van der Waals surface area (Å²) in [6, 6.07) is 3.71. The average molecular weight is 285 g/mol. The Bertz CT molecular complexity index is 662. The highest BCUT2D eigenvalue weighted by atomic mass is 16.1. The van der Waals surface area contributed by atoms with Crippen molar-refractivity contribution in [2.75, 3.05) is 24.3 Å². The number of carbonyl (C=O) groups is 1. The van der Waals surface area contributed by atoms with E-state index in [-0.39, 0.29) is 5.91 Å². The molecule has 2 aromatic rings. The van der Waals surface area contributed by atoms with Gasteiger partial charge in [-0.1, -0.05) is 0 Å². The van der Waals surface area contributed by atoms with Crippen LogP contribution in [0.2, 0.25) is 0 Å². The van der Waals surface area contributed by atoms with Gasteiger partial charge in [-0.25, -0.2) is 4.98 Å². The number of nitrogens with one attached hydrogen (secondary N) is 1. The summed E-state index contributed by atoms with van der Waals surface area (Å²) in [4.78, 5) is 18.6. The van der Waals surface area contributed by atoms with Crippen molar-refractivity contribution in [3.63, 3.8) is 0 Å². The van der Waals surface area contributed by atoms with Gasteiger partial charge in [0.2, 0.25) is 0 Å². The fraction of sp³-hybridized carbons (Fsp3) is 0.400. The number of fused-ring (bicyclic) bond motifs is 1. The van der Waals surface area contributed by atoms with Crippen molar-refractivity contribution >= 4 is 17.3 Å². The molecule has 2 aromatic heterocycles. The molecule has 0 bridgehead atoms. The van der Waals surface area contributed by atoms with Crippen LogP contribution in [0.25, 0.3) is 0 Å². The topological polar surface area (TPSA) is 63.1 Å². The molecule has 0 spiro atoms. The number of nitrogens with zero attached hydrogens (tertiary/aromatic N) is 4. The molecule has 1 aliphatic rings. The quantitative estimate of drug-likeness (QED) is 0.936. The molecule has 3 rings (SSSR count). The van der Waals surface area contributed by atoms with Gasteiger partial charge in [0.25, 0.3) is 5.91 Å². The first-order valence-electron chi connectivity index (χ1n) is 7.15. The highest BCUT2D eigenvalue weighted by molar-refractivity contribution is 6.06. The van der Waals surface area contributed by atoms with Crippen molar-refractivity contribution in [1.82, 2.24) is 14.8 Å². The Balaban J connectivity index is 1.86. The zero-order chi connectivity index (χ0) is 14.8. The van der Waals surface area contributed by atoms with Gasteiger partial charge in [-0.15, -0.1) is 0 Å². The predicted octanol–water partition coefficient (Wildman–Crippen LogP) is 1.93. The summed E-state index contributed by atoms with van der Waals surface area (Å²) in [7, 11) is 3.80. The number of anilines is 2. The summed E-state index contributed by atoms with van der Waals surface area (Å²) in [5.41, 5.74) is 3.14. The standard InChI is InChI=1S/C15H19N5O/c1-19(2)13-7-5-8-16-14(13)15(21)18-11-10-17-20-9-4-3-6-12(11)20/h5,7-8,10H,3-4,6,9H2,1-2H3,(H,18,21). The monoisotopic (exact) mass is 285 g/mol. The van der Waals surface area contributed by atoms with Gasteiger partial charge in [-0.3, -0.25) is 9.48 Å². The van der Waals surface area contributed by atoms with Crippen LogP contribution in [0.5, 0.6) is 0 Å². The molecule has 1 amide bonds. The third-order valence-electron chi connectivity index (χ3n) is 3.71. The molecule has 0 unspecified atom stereocenters. The van der Waals surface area contributed by atoms with E-state index in [4.69, 9.17) is 0 Å². The van der Waals surface area contributed by atoms with Crippen LogP contribution in [-0.4, -0.2) is 34.8 Å². The minimum Gasteiger partial charge on any atom is -0.376 e. The number of aromatic nitrogens is 3. The smallest absolute Gasteiger partial charge is 0.276 e. The molecule has 6 heteroatoms. The number of aryl methyl sites for hydroxylation is 1. The second-order valence-corrected chi connectivity index (χ2v) is 5.40. The van der Waals surface area contributed by atoms with Crippen molar-refractivity contribution in [3.05, 3.63) is 35.9 Å².